The first-order chi connectivity index (χ1) is 18.4. The number of carbonyl (C=O) groups excluding carboxylic acids is 2. The summed E-state index contributed by atoms with van der Waals surface area (Å²) in [5.41, 5.74) is 8.08. The highest BCUT2D eigenvalue weighted by atomic mass is 16.5. The van der Waals surface area contributed by atoms with Gasteiger partial charge in [-0.1, -0.05) is 50.6 Å². The zero-order valence-corrected chi connectivity index (χ0v) is 25.2. The predicted molar refractivity (Wildman–Crippen MR) is 162 cm³/mol. The summed E-state index contributed by atoms with van der Waals surface area (Å²) in [4.78, 5) is 29.1. The Morgan fingerprint density at radius 2 is 1.90 bits per heavy atom. The number of nitrogens with zero attached hydrogens (tertiary/aromatic N) is 2. The Morgan fingerprint density at radius 1 is 1.15 bits per heavy atom. The lowest BCUT2D eigenvalue weighted by molar-refractivity contribution is -0.121. The van der Waals surface area contributed by atoms with Crippen molar-refractivity contribution in [2.75, 3.05) is 39.1 Å². The van der Waals surface area contributed by atoms with E-state index in [1.54, 1.807) is 0 Å². The average Bonchev–Trinajstić information content (AvgIpc) is 3.37. The smallest absolute Gasteiger partial charge is 0.221 e. The molecule has 3 rings (SSSR count). The molecule has 7 heteroatoms. The molecule has 0 saturated carbocycles. The molecule has 1 fully saturated rings. The molecule has 39 heavy (non-hydrogen) atoms. The molecule has 0 bridgehead atoms. The number of hydrogen-bond acceptors (Lipinski definition) is 5. The average molecular weight is 537 g/mol. The van der Waals surface area contributed by atoms with Gasteiger partial charge in [0, 0.05) is 49.6 Å². The number of aryl methyl sites for hydroxylation is 2. The molecule has 2 aromatic rings. The van der Waals surface area contributed by atoms with E-state index in [-0.39, 0.29) is 17.4 Å². The second kappa shape index (κ2) is 15.5. The Balaban J connectivity index is 0.000000306. The number of benzene rings is 2. The molecule has 2 aromatic carbocycles. The predicted octanol–water partition coefficient (Wildman–Crippen LogP) is 5.41. The number of amides is 2. The second-order valence-corrected chi connectivity index (χ2v) is 11.6. The van der Waals surface area contributed by atoms with E-state index in [4.69, 9.17) is 4.74 Å². The molecule has 1 atom stereocenters. The van der Waals surface area contributed by atoms with Gasteiger partial charge in [0.05, 0.1) is 6.10 Å². The maximum absolute atomic E-state index is 11.8. The summed E-state index contributed by atoms with van der Waals surface area (Å²) >= 11 is 0. The molecule has 1 saturated heterocycles. The van der Waals surface area contributed by atoms with Gasteiger partial charge in [0.25, 0.3) is 0 Å². The van der Waals surface area contributed by atoms with Crippen LogP contribution in [-0.2, 0) is 26.3 Å². The summed E-state index contributed by atoms with van der Waals surface area (Å²) in [6, 6.07) is 12.6. The van der Waals surface area contributed by atoms with Crippen molar-refractivity contribution in [2.45, 2.75) is 78.9 Å². The van der Waals surface area contributed by atoms with E-state index in [0.29, 0.717) is 25.9 Å². The van der Waals surface area contributed by atoms with Crippen LogP contribution in [-0.4, -0.2) is 62.8 Å². The normalized spacial score (nSPS) is 15.5. The van der Waals surface area contributed by atoms with Crippen molar-refractivity contribution in [3.05, 3.63) is 64.2 Å². The molecule has 1 aliphatic heterocycles. The van der Waals surface area contributed by atoms with Crippen molar-refractivity contribution >= 4 is 23.7 Å². The summed E-state index contributed by atoms with van der Waals surface area (Å²) in [5.74, 6) is -0.00450. The van der Waals surface area contributed by atoms with Gasteiger partial charge in [-0.2, -0.15) is 0 Å². The molecule has 0 spiro atoms. The van der Waals surface area contributed by atoms with Crippen LogP contribution in [0.25, 0.3) is 0 Å². The SMILES string of the molecule is CC(=NCCC(=O)NCC1CCCO1)c1cc(NC=O)ccc1C.Cc1cc(CN(C)C)cc(C(C)(C)C)c1. The molecule has 1 aliphatic rings. The van der Waals surface area contributed by atoms with E-state index in [0.717, 1.165) is 48.5 Å². The number of ether oxygens (including phenoxy) is 1. The number of aliphatic imine (C=N–C) groups is 1. The van der Waals surface area contributed by atoms with E-state index in [9.17, 15) is 9.59 Å². The van der Waals surface area contributed by atoms with E-state index in [1.165, 1.54) is 16.7 Å². The van der Waals surface area contributed by atoms with Gasteiger partial charge < -0.3 is 20.3 Å². The molecule has 214 valence electrons. The van der Waals surface area contributed by atoms with Crippen LogP contribution in [0.4, 0.5) is 5.69 Å². The monoisotopic (exact) mass is 536 g/mol. The molecule has 0 radical (unpaired) electrons. The van der Waals surface area contributed by atoms with Gasteiger partial charge in [-0.3, -0.25) is 14.6 Å². The largest absolute Gasteiger partial charge is 0.376 e. The van der Waals surface area contributed by atoms with Crippen molar-refractivity contribution in [2.24, 2.45) is 4.99 Å². The Hall–Kier alpha value is -3.03. The summed E-state index contributed by atoms with van der Waals surface area (Å²) in [6.07, 6.45) is 3.26. The lowest BCUT2D eigenvalue weighted by Crippen LogP contribution is -2.32. The van der Waals surface area contributed by atoms with Crippen LogP contribution < -0.4 is 10.6 Å². The molecular weight excluding hydrogens is 488 g/mol. The summed E-state index contributed by atoms with van der Waals surface area (Å²) in [7, 11) is 4.22. The Labute approximate surface area is 235 Å². The molecule has 0 aliphatic carbocycles. The quantitative estimate of drug-likeness (QED) is 0.314. The Kier molecular flexibility index (Phi) is 12.8. The van der Waals surface area contributed by atoms with E-state index in [2.05, 4.69) is 80.5 Å². The van der Waals surface area contributed by atoms with Gasteiger partial charge in [-0.05, 0) is 81.9 Å². The number of carbonyl (C=O) groups is 2. The molecule has 2 amide bonds. The van der Waals surface area contributed by atoms with Crippen LogP contribution in [0.5, 0.6) is 0 Å². The fourth-order valence-electron chi connectivity index (χ4n) is 4.45. The minimum Gasteiger partial charge on any atom is -0.376 e. The number of hydrogen-bond donors (Lipinski definition) is 2. The zero-order chi connectivity index (χ0) is 29.0. The molecule has 1 heterocycles. The zero-order valence-electron chi connectivity index (χ0n) is 25.2. The topological polar surface area (TPSA) is 83.0 Å². The number of rotatable bonds is 10. The standard InChI is InChI=1S/C18H25N3O3.C14H23N/c1-13-5-6-15(21-12-22)10-17(13)14(2)19-8-7-18(23)20-11-16-4-3-9-24-16;1-11-7-12(10-15(5)6)9-13(8-11)14(2,3)4/h5-6,10,12,16H,3-4,7-9,11H2,1-2H3,(H,20,23)(H,21,22);7-9H,10H2,1-6H3. The summed E-state index contributed by atoms with van der Waals surface area (Å²) in [6.45, 7) is 15.7. The highest BCUT2D eigenvalue weighted by Gasteiger charge is 2.16. The minimum atomic E-state index is -0.00450. The maximum Gasteiger partial charge on any atom is 0.221 e. The van der Waals surface area contributed by atoms with Gasteiger partial charge in [-0.15, -0.1) is 0 Å². The van der Waals surface area contributed by atoms with Crippen LogP contribution in [0.15, 0.2) is 41.4 Å². The highest BCUT2D eigenvalue weighted by molar-refractivity contribution is 6.01. The fourth-order valence-corrected chi connectivity index (χ4v) is 4.45. The van der Waals surface area contributed by atoms with Crippen molar-refractivity contribution in [1.82, 2.24) is 10.2 Å². The molecule has 0 aromatic heterocycles. The van der Waals surface area contributed by atoms with Gasteiger partial charge in [0.15, 0.2) is 0 Å². The van der Waals surface area contributed by atoms with Gasteiger partial charge in [-0.25, -0.2) is 0 Å². The molecule has 2 N–H and O–H groups in total. The Bertz CT molecular complexity index is 1110. The lowest BCUT2D eigenvalue weighted by Gasteiger charge is -2.21. The van der Waals surface area contributed by atoms with Crippen molar-refractivity contribution in [3.8, 4) is 0 Å². The third-order valence-corrected chi connectivity index (χ3v) is 6.59. The van der Waals surface area contributed by atoms with Crippen molar-refractivity contribution in [1.29, 1.82) is 0 Å². The first kappa shape index (κ1) is 32.2. The van der Waals surface area contributed by atoms with E-state index < -0.39 is 0 Å². The van der Waals surface area contributed by atoms with E-state index >= 15 is 0 Å². The van der Waals surface area contributed by atoms with Gasteiger partial charge in [0.2, 0.25) is 12.3 Å². The highest BCUT2D eigenvalue weighted by Crippen LogP contribution is 2.24. The van der Waals surface area contributed by atoms with Crippen LogP contribution in [0, 0.1) is 13.8 Å². The second-order valence-electron chi connectivity index (χ2n) is 11.6. The van der Waals surface area contributed by atoms with Crippen LogP contribution in [0.1, 0.15) is 74.8 Å². The molecule has 1 unspecified atom stereocenters. The Morgan fingerprint density at radius 3 is 2.51 bits per heavy atom. The van der Waals surface area contributed by atoms with Crippen molar-refractivity contribution < 1.29 is 14.3 Å². The van der Waals surface area contributed by atoms with Gasteiger partial charge in [0.1, 0.15) is 0 Å². The first-order valence-corrected chi connectivity index (χ1v) is 13.9. The molecular formula is C32H48N4O3. The van der Waals surface area contributed by atoms with Crippen molar-refractivity contribution in [3.63, 3.8) is 0 Å². The third-order valence-electron chi connectivity index (χ3n) is 6.59. The fraction of sp³-hybridized carbons (Fsp3) is 0.531. The van der Waals surface area contributed by atoms with Crippen LogP contribution in [0.3, 0.4) is 0 Å². The maximum atomic E-state index is 11.8. The molecule has 7 nitrogen and oxygen atoms in total. The minimum absolute atomic E-state index is 0.00450. The number of nitrogens with one attached hydrogen (secondary N) is 2. The van der Waals surface area contributed by atoms with E-state index in [1.807, 2.05) is 32.0 Å². The summed E-state index contributed by atoms with van der Waals surface area (Å²) in [5, 5.41) is 5.53. The van der Waals surface area contributed by atoms with Gasteiger partial charge >= 0.3 is 0 Å². The number of anilines is 1. The summed E-state index contributed by atoms with van der Waals surface area (Å²) < 4.78 is 5.48. The van der Waals surface area contributed by atoms with Crippen LogP contribution in [0.2, 0.25) is 0 Å². The third kappa shape index (κ3) is 11.7. The first-order valence-electron chi connectivity index (χ1n) is 13.9. The van der Waals surface area contributed by atoms with Crippen LogP contribution >= 0.6 is 0 Å². The lowest BCUT2D eigenvalue weighted by atomic mass is 9.85.